The largest absolute Gasteiger partial charge is 0.323 e. The molecule has 0 aromatic heterocycles. The van der Waals surface area contributed by atoms with E-state index in [-0.39, 0.29) is 6.03 Å². The van der Waals surface area contributed by atoms with Gasteiger partial charge in [0.05, 0.1) is 5.69 Å². The van der Waals surface area contributed by atoms with E-state index in [1.165, 1.54) is 0 Å². The second-order valence-electron chi connectivity index (χ2n) is 4.85. The van der Waals surface area contributed by atoms with Crippen LogP contribution in [0, 0.1) is 0 Å². The van der Waals surface area contributed by atoms with Crippen LogP contribution in [0.1, 0.15) is 0 Å². The third-order valence-electron chi connectivity index (χ3n) is 2.72. The Morgan fingerprint density at radius 3 is 2.70 bits per heavy atom. The molecule has 0 saturated carbocycles. The summed E-state index contributed by atoms with van der Waals surface area (Å²) in [5.41, 5.74) is 1.30. The summed E-state index contributed by atoms with van der Waals surface area (Å²) in [5, 5.41) is 2.86. The van der Waals surface area contributed by atoms with E-state index >= 15 is 0 Å². The summed E-state index contributed by atoms with van der Waals surface area (Å²) in [6, 6.07) is 7.04. The van der Waals surface area contributed by atoms with Gasteiger partial charge in [0.15, 0.2) is 0 Å². The SMILES string of the molecule is CS(C)(=O)=Nc1cccc(NC(=O)N2CCSCC2)c1. The van der Waals surface area contributed by atoms with Gasteiger partial charge in [0.25, 0.3) is 0 Å². The summed E-state index contributed by atoms with van der Waals surface area (Å²) in [7, 11) is -2.19. The van der Waals surface area contributed by atoms with Crippen LogP contribution in [-0.2, 0) is 9.73 Å². The van der Waals surface area contributed by atoms with Gasteiger partial charge in [-0.1, -0.05) is 6.07 Å². The fourth-order valence-electron chi connectivity index (χ4n) is 1.86. The number of rotatable bonds is 2. The number of nitrogens with one attached hydrogen (secondary N) is 1. The maximum atomic E-state index is 12.1. The van der Waals surface area contributed by atoms with E-state index in [2.05, 4.69) is 9.68 Å². The van der Waals surface area contributed by atoms with Crippen molar-refractivity contribution < 1.29 is 9.00 Å². The molecule has 7 heteroatoms. The standard InChI is InChI=1S/C13H19N3O2S2/c1-20(2,18)15-12-5-3-4-11(10-12)14-13(17)16-6-8-19-9-7-16/h3-5,10H,6-9H2,1-2H3,(H,14,17). The first-order valence-electron chi connectivity index (χ1n) is 6.35. The number of urea groups is 1. The van der Waals surface area contributed by atoms with Crippen LogP contribution in [0.2, 0.25) is 0 Å². The van der Waals surface area contributed by atoms with Crippen LogP contribution in [0.4, 0.5) is 16.2 Å². The van der Waals surface area contributed by atoms with Gasteiger partial charge in [-0.3, -0.25) is 0 Å². The van der Waals surface area contributed by atoms with Gasteiger partial charge in [0, 0.05) is 52.5 Å². The zero-order valence-corrected chi connectivity index (χ0v) is 13.3. The lowest BCUT2D eigenvalue weighted by molar-refractivity contribution is 0.217. The van der Waals surface area contributed by atoms with Crippen LogP contribution in [-0.4, -0.2) is 52.2 Å². The van der Waals surface area contributed by atoms with E-state index in [9.17, 15) is 9.00 Å². The summed E-state index contributed by atoms with van der Waals surface area (Å²) in [6.07, 6.45) is 3.17. The molecule has 1 aliphatic heterocycles. The average Bonchev–Trinajstić information content (AvgIpc) is 2.38. The van der Waals surface area contributed by atoms with Gasteiger partial charge < -0.3 is 10.2 Å². The highest BCUT2D eigenvalue weighted by atomic mass is 32.2. The molecule has 1 N–H and O–H groups in total. The minimum absolute atomic E-state index is 0.0869. The molecule has 1 saturated heterocycles. The number of benzene rings is 1. The van der Waals surface area contributed by atoms with Crippen molar-refractivity contribution in [3.05, 3.63) is 24.3 Å². The van der Waals surface area contributed by atoms with Crippen molar-refractivity contribution in [2.45, 2.75) is 0 Å². The zero-order chi connectivity index (χ0) is 14.6. The number of hydrogen-bond acceptors (Lipinski definition) is 4. The molecule has 1 aliphatic rings. The van der Waals surface area contributed by atoms with E-state index in [1.807, 2.05) is 22.7 Å². The van der Waals surface area contributed by atoms with Gasteiger partial charge in [0.2, 0.25) is 0 Å². The molecular weight excluding hydrogens is 294 g/mol. The van der Waals surface area contributed by atoms with E-state index in [1.54, 1.807) is 30.7 Å². The molecule has 0 spiro atoms. The first-order valence-corrected chi connectivity index (χ1v) is 9.83. The lowest BCUT2D eigenvalue weighted by Crippen LogP contribution is -2.40. The van der Waals surface area contributed by atoms with Crippen molar-refractivity contribution in [3.63, 3.8) is 0 Å². The minimum Gasteiger partial charge on any atom is -0.323 e. The Balaban J connectivity index is 2.08. The van der Waals surface area contributed by atoms with Crippen molar-refractivity contribution in [1.82, 2.24) is 4.90 Å². The molecule has 2 amide bonds. The topological polar surface area (TPSA) is 61.8 Å². The molecule has 0 atom stereocenters. The predicted molar refractivity (Wildman–Crippen MR) is 86.4 cm³/mol. The molecule has 5 nitrogen and oxygen atoms in total. The molecule has 0 bridgehead atoms. The maximum Gasteiger partial charge on any atom is 0.321 e. The van der Waals surface area contributed by atoms with Crippen molar-refractivity contribution in [1.29, 1.82) is 0 Å². The smallest absolute Gasteiger partial charge is 0.321 e. The predicted octanol–water partition coefficient (Wildman–Crippen LogP) is 2.63. The molecule has 2 rings (SSSR count). The number of nitrogens with zero attached hydrogens (tertiary/aromatic N) is 2. The highest BCUT2D eigenvalue weighted by Gasteiger charge is 2.16. The number of thioether (sulfide) groups is 1. The third-order valence-corrected chi connectivity index (χ3v) is 4.31. The van der Waals surface area contributed by atoms with Crippen molar-refractivity contribution in [2.75, 3.05) is 42.4 Å². The van der Waals surface area contributed by atoms with Gasteiger partial charge in [0.1, 0.15) is 0 Å². The Bertz CT molecular complexity index is 595. The average molecular weight is 313 g/mol. The van der Waals surface area contributed by atoms with Crippen LogP contribution in [0.5, 0.6) is 0 Å². The van der Waals surface area contributed by atoms with Crippen LogP contribution in [0.25, 0.3) is 0 Å². The van der Waals surface area contributed by atoms with Crippen molar-refractivity contribution in [3.8, 4) is 0 Å². The van der Waals surface area contributed by atoms with Crippen molar-refractivity contribution in [2.24, 2.45) is 4.36 Å². The van der Waals surface area contributed by atoms with Crippen LogP contribution in [0.15, 0.2) is 28.6 Å². The Kier molecular flexibility index (Phi) is 4.93. The second kappa shape index (κ2) is 6.49. The van der Waals surface area contributed by atoms with Crippen LogP contribution < -0.4 is 5.32 Å². The summed E-state index contributed by atoms with van der Waals surface area (Å²) in [5.74, 6) is 1.97. The van der Waals surface area contributed by atoms with E-state index in [4.69, 9.17) is 0 Å². The minimum atomic E-state index is -2.19. The monoisotopic (exact) mass is 313 g/mol. The molecule has 0 unspecified atom stereocenters. The summed E-state index contributed by atoms with van der Waals surface area (Å²) >= 11 is 1.86. The highest BCUT2D eigenvalue weighted by Crippen LogP contribution is 2.20. The quantitative estimate of drug-likeness (QED) is 0.913. The van der Waals surface area contributed by atoms with Crippen LogP contribution >= 0.6 is 11.8 Å². The molecule has 0 radical (unpaired) electrons. The molecule has 110 valence electrons. The molecule has 1 heterocycles. The molecule has 0 aliphatic carbocycles. The number of anilines is 1. The van der Waals surface area contributed by atoms with E-state index < -0.39 is 9.73 Å². The maximum absolute atomic E-state index is 12.1. The molecular formula is C13H19N3O2S2. The molecule has 1 aromatic rings. The number of carbonyl (C=O) groups excluding carboxylic acids is 1. The Hall–Kier alpha value is -1.21. The number of amides is 2. The molecule has 20 heavy (non-hydrogen) atoms. The summed E-state index contributed by atoms with van der Waals surface area (Å²) in [6.45, 7) is 1.55. The van der Waals surface area contributed by atoms with Gasteiger partial charge in [-0.25, -0.2) is 9.00 Å². The van der Waals surface area contributed by atoms with Crippen LogP contribution in [0.3, 0.4) is 0 Å². The Labute approximate surface area is 124 Å². The molecule has 1 aromatic carbocycles. The van der Waals surface area contributed by atoms with Gasteiger partial charge >= 0.3 is 6.03 Å². The summed E-state index contributed by atoms with van der Waals surface area (Å²) in [4.78, 5) is 13.9. The summed E-state index contributed by atoms with van der Waals surface area (Å²) < 4.78 is 15.8. The third kappa shape index (κ3) is 4.72. The van der Waals surface area contributed by atoms with E-state index in [0.29, 0.717) is 11.4 Å². The van der Waals surface area contributed by atoms with Gasteiger partial charge in [-0.2, -0.15) is 16.1 Å². The van der Waals surface area contributed by atoms with Gasteiger partial charge in [-0.15, -0.1) is 0 Å². The molecule has 1 fully saturated rings. The number of carbonyl (C=O) groups is 1. The zero-order valence-electron chi connectivity index (χ0n) is 11.7. The Morgan fingerprint density at radius 2 is 2.05 bits per heavy atom. The fourth-order valence-corrected chi connectivity index (χ4v) is 3.39. The van der Waals surface area contributed by atoms with Crippen molar-refractivity contribution >= 4 is 38.9 Å². The second-order valence-corrected chi connectivity index (χ2v) is 8.62. The normalized spacial score (nSPS) is 15.8. The van der Waals surface area contributed by atoms with E-state index in [0.717, 1.165) is 24.6 Å². The number of hydrogen-bond donors (Lipinski definition) is 1. The lowest BCUT2D eigenvalue weighted by atomic mass is 10.3. The highest BCUT2D eigenvalue weighted by molar-refractivity contribution is 7.99. The lowest BCUT2D eigenvalue weighted by Gasteiger charge is -2.26. The first kappa shape index (κ1) is 15.2. The van der Waals surface area contributed by atoms with Gasteiger partial charge in [-0.05, 0) is 18.2 Å². The fraction of sp³-hybridized carbons (Fsp3) is 0.462. The first-order chi connectivity index (χ1) is 9.44. The Morgan fingerprint density at radius 1 is 1.35 bits per heavy atom.